The maximum Gasteiger partial charge on any atom is 0.197 e. The highest BCUT2D eigenvalue weighted by molar-refractivity contribution is 5.86. The zero-order valence-corrected chi connectivity index (χ0v) is 9.48. The fourth-order valence-electron chi connectivity index (χ4n) is 1.72. The monoisotopic (exact) mass is 219 g/mol. The number of pyridine rings is 1. The molecule has 2 aromatic rings. The zero-order valence-electron chi connectivity index (χ0n) is 9.48. The van der Waals surface area contributed by atoms with Crippen LogP contribution >= 0.6 is 0 Å². The summed E-state index contributed by atoms with van der Waals surface area (Å²) in [5, 5.41) is 13.3. The molecule has 0 bridgehead atoms. The van der Waals surface area contributed by atoms with Crippen LogP contribution in [0, 0.1) is 12.1 Å². The van der Waals surface area contributed by atoms with Crippen LogP contribution in [-0.4, -0.2) is 14.2 Å². The van der Waals surface area contributed by atoms with E-state index in [0.29, 0.717) is 17.2 Å². The minimum atomic E-state index is 0.629. The van der Waals surface area contributed by atoms with Gasteiger partial charge in [0.1, 0.15) is 0 Å². The summed E-state index contributed by atoms with van der Waals surface area (Å²) in [5.41, 5.74) is 0.651. The summed E-state index contributed by atoms with van der Waals surface area (Å²) < 4.78 is 11.2. The van der Waals surface area contributed by atoms with E-state index in [0.717, 1.165) is 15.5 Å². The van der Waals surface area contributed by atoms with E-state index in [4.69, 9.17) is 9.47 Å². The molecule has 2 rings (SSSR count). The van der Waals surface area contributed by atoms with E-state index >= 15 is 0 Å². The van der Waals surface area contributed by atoms with Crippen molar-refractivity contribution >= 4 is 10.8 Å². The molecule has 0 unspecified atom stereocenters. The third kappa shape index (κ3) is 1.52. The first kappa shape index (κ1) is 10.5. The molecule has 4 nitrogen and oxygen atoms in total. The van der Waals surface area contributed by atoms with Crippen molar-refractivity contribution in [3.8, 4) is 11.5 Å². The summed E-state index contributed by atoms with van der Waals surface area (Å²) in [6.45, 7) is 1.78. The number of hydrogen-bond acceptors (Lipinski definition) is 3. The molecule has 0 atom stereocenters. The molecule has 0 fully saturated rings. The highest BCUT2D eigenvalue weighted by Crippen LogP contribution is 2.32. The molecule has 0 saturated heterocycles. The van der Waals surface area contributed by atoms with Gasteiger partial charge in [-0.1, -0.05) is 0 Å². The Morgan fingerprint density at radius 2 is 1.75 bits per heavy atom. The fourth-order valence-corrected chi connectivity index (χ4v) is 1.72. The van der Waals surface area contributed by atoms with Gasteiger partial charge in [-0.05, 0) is 17.5 Å². The number of rotatable bonds is 2. The lowest BCUT2D eigenvalue weighted by Crippen LogP contribution is -2.29. The van der Waals surface area contributed by atoms with Gasteiger partial charge in [0.25, 0.3) is 0 Å². The van der Waals surface area contributed by atoms with Crippen LogP contribution in [0.1, 0.15) is 5.69 Å². The highest BCUT2D eigenvalue weighted by atomic mass is 16.5. The van der Waals surface area contributed by atoms with Crippen molar-refractivity contribution in [2.24, 2.45) is 0 Å². The van der Waals surface area contributed by atoms with Crippen LogP contribution in [0.2, 0.25) is 0 Å². The maximum atomic E-state index is 11.4. The second-order valence-corrected chi connectivity index (χ2v) is 3.52. The van der Waals surface area contributed by atoms with E-state index in [1.807, 2.05) is 12.1 Å². The molecule has 0 aliphatic rings. The number of aromatic nitrogens is 1. The molecule has 0 spiro atoms. The van der Waals surface area contributed by atoms with Crippen LogP contribution < -0.4 is 14.2 Å². The predicted molar refractivity (Wildman–Crippen MR) is 60.7 cm³/mol. The molecular formula is C12H13NO3. The molecule has 84 valence electrons. The normalized spacial score (nSPS) is 10.4. The molecule has 0 saturated carbocycles. The summed E-state index contributed by atoms with van der Waals surface area (Å²) in [4.78, 5) is 0. The summed E-state index contributed by atoms with van der Waals surface area (Å²) >= 11 is 0. The molecule has 0 amide bonds. The van der Waals surface area contributed by atoms with Crippen molar-refractivity contribution in [1.29, 1.82) is 0 Å². The van der Waals surface area contributed by atoms with Crippen LogP contribution in [0.3, 0.4) is 0 Å². The topological polar surface area (TPSA) is 45.4 Å². The van der Waals surface area contributed by atoms with Gasteiger partial charge in [-0.2, -0.15) is 4.73 Å². The third-order valence-corrected chi connectivity index (χ3v) is 2.67. The van der Waals surface area contributed by atoms with Crippen LogP contribution in [-0.2, 0) is 0 Å². The van der Waals surface area contributed by atoms with Gasteiger partial charge in [-0.25, -0.2) is 0 Å². The summed E-state index contributed by atoms with van der Waals surface area (Å²) in [5.74, 6) is 1.29. The van der Waals surface area contributed by atoms with E-state index < -0.39 is 0 Å². The molecular weight excluding hydrogens is 206 g/mol. The van der Waals surface area contributed by atoms with Crippen LogP contribution in [0.4, 0.5) is 0 Å². The van der Waals surface area contributed by atoms with Gasteiger partial charge >= 0.3 is 0 Å². The number of benzene rings is 1. The number of aryl methyl sites for hydroxylation is 1. The van der Waals surface area contributed by atoms with E-state index in [9.17, 15) is 5.21 Å². The summed E-state index contributed by atoms with van der Waals surface area (Å²) in [6.07, 6.45) is 1.49. The molecule has 0 N–H and O–H groups in total. The van der Waals surface area contributed by atoms with E-state index in [1.54, 1.807) is 27.2 Å². The lowest BCUT2D eigenvalue weighted by molar-refractivity contribution is -0.610. The van der Waals surface area contributed by atoms with Crippen molar-refractivity contribution in [3.63, 3.8) is 0 Å². The molecule has 1 aromatic heterocycles. The predicted octanol–water partition coefficient (Wildman–Crippen LogP) is 1.80. The largest absolute Gasteiger partial charge is 0.618 e. The Kier molecular flexibility index (Phi) is 2.56. The maximum absolute atomic E-state index is 11.4. The summed E-state index contributed by atoms with van der Waals surface area (Å²) in [7, 11) is 3.17. The lowest BCUT2D eigenvalue weighted by Gasteiger charge is -2.10. The van der Waals surface area contributed by atoms with E-state index in [2.05, 4.69) is 0 Å². The lowest BCUT2D eigenvalue weighted by atomic mass is 10.1. The first-order valence-electron chi connectivity index (χ1n) is 4.92. The van der Waals surface area contributed by atoms with Gasteiger partial charge in [0, 0.05) is 13.0 Å². The first-order chi connectivity index (χ1) is 7.67. The van der Waals surface area contributed by atoms with Gasteiger partial charge in [-0.15, -0.1) is 0 Å². The van der Waals surface area contributed by atoms with Crippen molar-refractivity contribution in [2.45, 2.75) is 6.92 Å². The van der Waals surface area contributed by atoms with Crippen molar-refractivity contribution < 1.29 is 14.2 Å². The number of ether oxygens (including phenoxy) is 2. The standard InChI is InChI=1S/C12H13NO3/c1-8-10-7-12(16-3)11(15-2)6-9(10)4-5-13(8)14/h4-7H,1-3H3. The number of hydrogen-bond donors (Lipinski definition) is 0. The highest BCUT2D eigenvalue weighted by Gasteiger charge is 2.11. The Balaban J connectivity index is 2.78. The van der Waals surface area contributed by atoms with Gasteiger partial charge in [0.2, 0.25) is 0 Å². The molecule has 0 aliphatic carbocycles. The van der Waals surface area contributed by atoms with Gasteiger partial charge in [-0.3, -0.25) is 0 Å². The Bertz CT molecular complexity index is 537. The molecule has 16 heavy (non-hydrogen) atoms. The van der Waals surface area contributed by atoms with Gasteiger partial charge < -0.3 is 14.7 Å². The molecule has 1 aromatic carbocycles. The Labute approximate surface area is 93.6 Å². The average molecular weight is 219 g/mol. The average Bonchev–Trinajstić information content (AvgIpc) is 2.32. The first-order valence-corrected chi connectivity index (χ1v) is 4.92. The number of methoxy groups -OCH3 is 2. The SMILES string of the molecule is COc1cc2cc[n+]([O-])c(C)c2cc1OC. The van der Waals surface area contributed by atoms with E-state index in [1.165, 1.54) is 6.20 Å². The molecule has 4 heteroatoms. The fraction of sp³-hybridized carbons (Fsp3) is 0.250. The van der Waals surface area contributed by atoms with Crippen molar-refractivity contribution in [1.82, 2.24) is 0 Å². The number of nitrogens with zero attached hydrogens (tertiary/aromatic N) is 1. The quantitative estimate of drug-likeness (QED) is 0.571. The second-order valence-electron chi connectivity index (χ2n) is 3.52. The van der Waals surface area contributed by atoms with Crippen LogP contribution in [0.15, 0.2) is 24.4 Å². The smallest absolute Gasteiger partial charge is 0.197 e. The van der Waals surface area contributed by atoms with Gasteiger partial charge in [0.05, 0.1) is 19.6 Å². The Morgan fingerprint density at radius 3 is 2.38 bits per heavy atom. The third-order valence-electron chi connectivity index (χ3n) is 2.67. The number of fused-ring (bicyclic) bond motifs is 1. The van der Waals surface area contributed by atoms with Crippen LogP contribution in [0.25, 0.3) is 10.8 Å². The van der Waals surface area contributed by atoms with Crippen molar-refractivity contribution in [3.05, 3.63) is 35.3 Å². The molecule has 0 radical (unpaired) electrons. The minimum Gasteiger partial charge on any atom is -0.618 e. The second kappa shape index (κ2) is 3.89. The van der Waals surface area contributed by atoms with Crippen LogP contribution in [0.5, 0.6) is 11.5 Å². The van der Waals surface area contributed by atoms with E-state index in [-0.39, 0.29) is 0 Å². The van der Waals surface area contributed by atoms with Gasteiger partial charge in [0.15, 0.2) is 23.4 Å². The molecule has 0 aliphatic heterocycles. The van der Waals surface area contributed by atoms with Crippen molar-refractivity contribution in [2.75, 3.05) is 14.2 Å². The minimum absolute atomic E-state index is 0.629. The molecule has 1 heterocycles. The Morgan fingerprint density at radius 1 is 1.12 bits per heavy atom. The zero-order chi connectivity index (χ0) is 11.7. The summed E-state index contributed by atoms with van der Waals surface area (Å²) in [6, 6.07) is 5.44. The Hall–Kier alpha value is -1.97.